The van der Waals surface area contributed by atoms with Crippen LogP contribution in [0, 0.1) is 0 Å². The van der Waals surface area contributed by atoms with Crippen LogP contribution in [0.15, 0.2) is 59.7 Å². The molecule has 1 heterocycles. The highest BCUT2D eigenvalue weighted by molar-refractivity contribution is 14.0. The minimum Gasteiger partial charge on any atom is -0.357 e. The SMILES string of the molecule is CCNC(=NCc1ccccn1)NCCc1ccccc1.I. The summed E-state index contributed by atoms with van der Waals surface area (Å²) in [6.45, 7) is 4.36. The van der Waals surface area contributed by atoms with Crippen molar-refractivity contribution in [1.29, 1.82) is 0 Å². The van der Waals surface area contributed by atoms with E-state index in [0.717, 1.165) is 31.2 Å². The van der Waals surface area contributed by atoms with E-state index in [1.165, 1.54) is 5.56 Å². The van der Waals surface area contributed by atoms with Crippen LogP contribution in [0.2, 0.25) is 0 Å². The molecule has 2 N–H and O–H groups in total. The summed E-state index contributed by atoms with van der Waals surface area (Å²) >= 11 is 0. The number of nitrogens with one attached hydrogen (secondary N) is 2. The number of benzene rings is 1. The maximum absolute atomic E-state index is 4.55. The molecule has 5 heteroatoms. The largest absolute Gasteiger partial charge is 0.357 e. The third kappa shape index (κ3) is 6.89. The van der Waals surface area contributed by atoms with E-state index >= 15 is 0 Å². The molecule has 0 aliphatic heterocycles. The molecular formula is C17H23IN4. The highest BCUT2D eigenvalue weighted by Crippen LogP contribution is 1.98. The minimum absolute atomic E-state index is 0. The Morgan fingerprint density at radius 3 is 2.50 bits per heavy atom. The number of guanidine groups is 1. The standard InChI is InChI=1S/C17H22N4.HI/c1-2-18-17(21-14-16-10-6-7-12-19-16)20-13-11-15-8-4-3-5-9-15;/h3-10,12H,2,11,13-14H2,1H3,(H2,18,20,21);1H. The van der Waals surface area contributed by atoms with Gasteiger partial charge in [0.25, 0.3) is 0 Å². The first-order valence-electron chi connectivity index (χ1n) is 7.34. The van der Waals surface area contributed by atoms with E-state index in [1.54, 1.807) is 6.20 Å². The summed E-state index contributed by atoms with van der Waals surface area (Å²) < 4.78 is 0. The quantitative estimate of drug-likeness (QED) is 0.438. The Morgan fingerprint density at radius 2 is 1.82 bits per heavy atom. The second kappa shape index (κ2) is 11.0. The third-order valence-electron chi connectivity index (χ3n) is 3.02. The summed E-state index contributed by atoms with van der Waals surface area (Å²) in [7, 11) is 0. The van der Waals surface area contributed by atoms with Gasteiger partial charge in [0.05, 0.1) is 12.2 Å². The highest BCUT2D eigenvalue weighted by atomic mass is 127. The number of hydrogen-bond donors (Lipinski definition) is 2. The summed E-state index contributed by atoms with van der Waals surface area (Å²) in [5.41, 5.74) is 2.29. The molecule has 0 fully saturated rings. The zero-order valence-corrected chi connectivity index (χ0v) is 15.2. The normalized spacial score (nSPS) is 10.7. The van der Waals surface area contributed by atoms with Gasteiger partial charge in [0.2, 0.25) is 0 Å². The molecule has 0 amide bonds. The average Bonchev–Trinajstić information content (AvgIpc) is 2.54. The molecular weight excluding hydrogens is 387 g/mol. The van der Waals surface area contributed by atoms with Crippen LogP contribution in [0.5, 0.6) is 0 Å². The lowest BCUT2D eigenvalue weighted by atomic mass is 10.1. The van der Waals surface area contributed by atoms with Gasteiger partial charge in [0.15, 0.2) is 5.96 Å². The number of rotatable bonds is 6. The van der Waals surface area contributed by atoms with Gasteiger partial charge in [-0.25, -0.2) is 4.99 Å². The molecule has 0 saturated heterocycles. The van der Waals surface area contributed by atoms with Crippen molar-refractivity contribution in [2.45, 2.75) is 19.9 Å². The molecule has 0 atom stereocenters. The Kier molecular flexibility index (Phi) is 9.21. The van der Waals surface area contributed by atoms with Gasteiger partial charge in [-0.05, 0) is 31.0 Å². The number of aliphatic imine (C=N–C) groups is 1. The summed E-state index contributed by atoms with van der Waals surface area (Å²) in [5.74, 6) is 0.832. The van der Waals surface area contributed by atoms with Crippen molar-refractivity contribution in [2.75, 3.05) is 13.1 Å². The zero-order valence-electron chi connectivity index (χ0n) is 12.8. The molecule has 0 spiro atoms. The van der Waals surface area contributed by atoms with E-state index in [0.29, 0.717) is 6.54 Å². The first-order chi connectivity index (χ1) is 10.4. The van der Waals surface area contributed by atoms with Crippen LogP contribution in [0.4, 0.5) is 0 Å². The summed E-state index contributed by atoms with van der Waals surface area (Å²) in [6, 6.07) is 16.3. The number of pyridine rings is 1. The van der Waals surface area contributed by atoms with Gasteiger partial charge < -0.3 is 10.6 Å². The molecule has 2 rings (SSSR count). The van der Waals surface area contributed by atoms with E-state index < -0.39 is 0 Å². The number of hydrogen-bond acceptors (Lipinski definition) is 2. The molecule has 118 valence electrons. The van der Waals surface area contributed by atoms with Crippen molar-refractivity contribution in [3.63, 3.8) is 0 Å². The van der Waals surface area contributed by atoms with Crippen molar-refractivity contribution < 1.29 is 0 Å². The molecule has 0 saturated carbocycles. The van der Waals surface area contributed by atoms with Crippen LogP contribution >= 0.6 is 24.0 Å². The molecule has 0 aliphatic rings. The first kappa shape index (κ1) is 18.4. The molecule has 0 aliphatic carbocycles. The average molecular weight is 410 g/mol. The number of aromatic nitrogens is 1. The van der Waals surface area contributed by atoms with Gasteiger partial charge >= 0.3 is 0 Å². The van der Waals surface area contributed by atoms with Crippen molar-refractivity contribution >= 4 is 29.9 Å². The fourth-order valence-corrected chi connectivity index (χ4v) is 1.96. The van der Waals surface area contributed by atoms with Crippen LogP contribution < -0.4 is 10.6 Å². The Bertz CT molecular complexity index is 543. The lowest BCUT2D eigenvalue weighted by molar-refractivity contribution is 0.797. The summed E-state index contributed by atoms with van der Waals surface area (Å²) in [4.78, 5) is 8.82. The topological polar surface area (TPSA) is 49.3 Å². The summed E-state index contributed by atoms with van der Waals surface area (Å²) in [5, 5.41) is 6.60. The van der Waals surface area contributed by atoms with Gasteiger partial charge in [0, 0.05) is 19.3 Å². The molecule has 0 unspecified atom stereocenters. The van der Waals surface area contributed by atoms with Crippen LogP contribution in [-0.2, 0) is 13.0 Å². The second-order valence-electron chi connectivity index (χ2n) is 4.68. The predicted molar refractivity (Wildman–Crippen MR) is 103 cm³/mol. The zero-order chi connectivity index (χ0) is 14.8. The Hall–Kier alpha value is -1.63. The number of nitrogens with zero attached hydrogens (tertiary/aromatic N) is 2. The lowest BCUT2D eigenvalue weighted by Crippen LogP contribution is -2.38. The van der Waals surface area contributed by atoms with Crippen molar-refractivity contribution in [2.24, 2.45) is 4.99 Å². The van der Waals surface area contributed by atoms with Gasteiger partial charge in [-0.2, -0.15) is 0 Å². The Balaban J connectivity index is 0.00000242. The predicted octanol–water partition coefficient (Wildman–Crippen LogP) is 3.00. The van der Waals surface area contributed by atoms with Gasteiger partial charge in [0.1, 0.15) is 0 Å². The first-order valence-corrected chi connectivity index (χ1v) is 7.34. The maximum Gasteiger partial charge on any atom is 0.191 e. The molecule has 0 bridgehead atoms. The minimum atomic E-state index is 0. The Labute approximate surface area is 149 Å². The van der Waals surface area contributed by atoms with Crippen molar-refractivity contribution in [3.05, 3.63) is 66.0 Å². The van der Waals surface area contributed by atoms with Crippen LogP contribution in [0.1, 0.15) is 18.2 Å². The van der Waals surface area contributed by atoms with Gasteiger partial charge in [-0.1, -0.05) is 36.4 Å². The fraction of sp³-hybridized carbons (Fsp3) is 0.294. The monoisotopic (exact) mass is 410 g/mol. The smallest absolute Gasteiger partial charge is 0.191 e. The van der Waals surface area contributed by atoms with Crippen molar-refractivity contribution in [1.82, 2.24) is 15.6 Å². The Morgan fingerprint density at radius 1 is 1.05 bits per heavy atom. The van der Waals surface area contributed by atoms with Crippen LogP contribution in [0.25, 0.3) is 0 Å². The van der Waals surface area contributed by atoms with E-state index in [1.807, 2.05) is 24.3 Å². The van der Waals surface area contributed by atoms with Crippen molar-refractivity contribution in [3.8, 4) is 0 Å². The molecule has 1 aromatic carbocycles. The number of halogens is 1. The molecule has 0 radical (unpaired) electrons. The second-order valence-corrected chi connectivity index (χ2v) is 4.68. The van der Waals surface area contributed by atoms with Crippen LogP contribution in [-0.4, -0.2) is 24.0 Å². The highest BCUT2D eigenvalue weighted by Gasteiger charge is 1.98. The molecule has 22 heavy (non-hydrogen) atoms. The molecule has 1 aromatic heterocycles. The van der Waals surface area contributed by atoms with Gasteiger partial charge in [-0.15, -0.1) is 24.0 Å². The summed E-state index contributed by atoms with van der Waals surface area (Å²) in [6.07, 6.45) is 2.77. The molecule has 4 nitrogen and oxygen atoms in total. The maximum atomic E-state index is 4.55. The van der Waals surface area contributed by atoms with E-state index in [2.05, 4.69) is 51.8 Å². The van der Waals surface area contributed by atoms with Gasteiger partial charge in [-0.3, -0.25) is 4.98 Å². The molecule has 2 aromatic rings. The van der Waals surface area contributed by atoms with Crippen LogP contribution in [0.3, 0.4) is 0 Å². The lowest BCUT2D eigenvalue weighted by Gasteiger charge is -2.11. The third-order valence-corrected chi connectivity index (χ3v) is 3.02. The van der Waals surface area contributed by atoms with E-state index in [-0.39, 0.29) is 24.0 Å². The van der Waals surface area contributed by atoms with E-state index in [4.69, 9.17) is 0 Å². The fourth-order valence-electron chi connectivity index (χ4n) is 1.96. The van der Waals surface area contributed by atoms with E-state index in [9.17, 15) is 0 Å².